The predicted octanol–water partition coefficient (Wildman–Crippen LogP) is 10.2. The number of allylic oxidation sites excluding steroid dienone is 10. The number of hydrogen-bond donors (Lipinski definition) is 2. The fourth-order valence-corrected chi connectivity index (χ4v) is 5.41. The molecule has 0 spiro atoms. The van der Waals surface area contributed by atoms with Gasteiger partial charge in [-0.15, -0.1) is 0 Å². The smallest absolute Gasteiger partial charge is 0.462 e. The Kier molecular flexibility index (Phi) is 33.9. The van der Waals surface area contributed by atoms with E-state index in [2.05, 4.69) is 67.7 Å². The molecule has 0 heterocycles. The van der Waals surface area contributed by atoms with E-state index in [9.17, 15) is 19.0 Å². The summed E-state index contributed by atoms with van der Waals surface area (Å²) in [5.41, 5.74) is 5.33. The molecule has 0 bridgehead atoms. The van der Waals surface area contributed by atoms with E-state index < -0.39 is 32.5 Å². The first kappa shape index (κ1) is 46.7. The Morgan fingerprint density at radius 1 is 0.653 bits per heavy atom. The number of unbranched alkanes of at least 4 members (excludes halogenated alkanes) is 12. The Bertz CT molecular complexity index is 992. The van der Waals surface area contributed by atoms with E-state index in [0.717, 1.165) is 96.3 Å². The van der Waals surface area contributed by atoms with E-state index in [1.807, 2.05) is 6.92 Å². The lowest BCUT2D eigenvalue weighted by molar-refractivity contribution is -0.161. The Hall–Kier alpha value is -2.29. The average molecular weight is 710 g/mol. The molecule has 49 heavy (non-hydrogen) atoms. The fourth-order valence-electron chi connectivity index (χ4n) is 4.64. The van der Waals surface area contributed by atoms with Crippen LogP contribution in [0.1, 0.15) is 142 Å². The zero-order valence-electron chi connectivity index (χ0n) is 30.7. The highest BCUT2D eigenvalue weighted by Gasteiger charge is 2.25. The number of phosphoric ester groups is 1. The molecule has 10 heteroatoms. The molecule has 0 fully saturated rings. The first-order valence-electron chi connectivity index (χ1n) is 18.7. The average Bonchev–Trinajstić information content (AvgIpc) is 3.08. The van der Waals surface area contributed by atoms with Gasteiger partial charge in [0.2, 0.25) is 0 Å². The maximum absolute atomic E-state index is 12.5. The monoisotopic (exact) mass is 709 g/mol. The SMILES string of the molecule is CC=CCCC=CCCC=CCCCCCCC(=O)OCC(COP(=O)(O)OCCN)OC(=O)CCCCCCCC=CCC=CCCC. The van der Waals surface area contributed by atoms with Gasteiger partial charge in [-0.25, -0.2) is 4.57 Å². The van der Waals surface area contributed by atoms with Gasteiger partial charge in [0.25, 0.3) is 0 Å². The molecule has 0 aromatic carbocycles. The van der Waals surface area contributed by atoms with Gasteiger partial charge in [0.1, 0.15) is 6.61 Å². The van der Waals surface area contributed by atoms with E-state index in [-0.39, 0.29) is 32.6 Å². The minimum Gasteiger partial charge on any atom is -0.462 e. The Morgan fingerprint density at radius 3 is 1.76 bits per heavy atom. The predicted molar refractivity (Wildman–Crippen MR) is 201 cm³/mol. The van der Waals surface area contributed by atoms with Crippen LogP contribution in [-0.4, -0.2) is 49.3 Å². The minimum atomic E-state index is -4.38. The Labute approximate surface area is 298 Å². The molecular formula is C39H68NO8P. The van der Waals surface area contributed by atoms with Crippen molar-refractivity contribution < 1.29 is 37.6 Å². The second kappa shape index (κ2) is 35.5. The first-order chi connectivity index (χ1) is 23.8. The van der Waals surface area contributed by atoms with E-state index in [4.69, 9.17) is 24.3 Å². The van der Waals surface area contributed by atoms with Gasteiger partial charge in [-0.05, 0) is 84.0 Å². The second-order valence-corrected chi connectivity index (χ2v) is 13.5. The second-order valence-electron chi connectivity index (χ2n) is 12.1. The van der Waals surface area contributed by atoms with Crippen molar-refractivity contribution in [2.24, 2.45) is 5.73 Å². The number of carbonyl (C=O) groups excluding carboxylic acids is 2. The topological polar surface area (TPSA) is 134 Å². The normalized spacial score (nSPS) is 14.1. The van der Waals surface area contributed by atoms with Gasteiger partial charge in [0, 0.05) is 19.4 Å². The molecule has 282 valence electrons. The van der Waals surface area contributed by atoms with E-state index in [0.29, 0.717) is 12.8 Å². The summed E-state index contributed by atoms with van der Waals surface area (Å²) in [6.07, 6.45) is 39.7. The van der Waals surface area contributed by atoms with Crippen LogP contribution in [0, 0.1) is 0 Å². The maximum atomic E-state index is 12.5. The van der Waals surface area contributed by atoms with Crippen LogP contribution in [0.2, 0.25) is 0 Å². The minimum absolute atomic E-state index is 0.0453. The van der Waals surface area contributed by atoms with Crippen LogP contribution in [0.5, 0.6) is 0 Å². The molecule has 0 aromatic rings. The molecule has 0 aliphatic carbocycles. The molecule has 0 rings (SSSR count). The molecule has 0 saturated carbocycles. The molecule has 0 aromatic heterocycles. The van der Waals surface area contributed by atoms with Crippen molar-refractivity contribution in [3.05, 3.63) is 60.8 Å². The van der Waals surface area contributed by atoms with Crippen molar-refractivity contribution in [3.8, 4) is 0 Å². The van der Waals surface area contributed by atoms with Crippen molar-refractivity contribution in [2.75, 3.05) is 26.4 Å². The molecule has 0 aliphatic heterocycles. The summed E-state index contributed by atoms with van der Waals surface area (Å²) in [7, 11) is -4.38. The van der Waals surface area contributed by atoms with Crippen molar-refractivity contribution in [2.45, 2.75) is 148 Å². The molecule has 2 unspecified atom stereocenters. The zero-order chi connectivity index (χ0) is 36.1. The summed E-state index contributed by atoms with van der Waals surface area (Å²) < 4.78 is 32.6. The molecule has 0 radical (unpaired) electrons. The van der Waals surface area contributed by atoms with E-state index >= 15 is 0 Å². The van der Waals surface area contributed by atoms with Gasteiger partial charge in [-0.3, -0.25) is 18.6 Å². The molecule has 3 N–H and O–H groups in total. The first-order valence-corrected chi connectivity index (χ1v) is 20.2. The highest BCUT2D eigenvalue weighted by molar-refractivity contribution is 7.47. The number of ether oxygens (including phenoxy) is 2. The fraction of sp³-hybridized carbons (Fsp3) is 0.692. The van der Waals surface area contributed by atoms with E-state index in [1.165, 1.54) is 6.42 Å². The lowest BCUT2D eigenvalue weighted by atomic mass is 10.1. The van der Waals surface area contributed by atoms with Gasteiger partial charge >= 0.3 is 19.8 Å². The van der Waals surface area contributed by atoms with Crippen LogP contribution < -0.4 is 5.73 Å². The van der Waals surface area contributed by atoms with Gasteiger partial charge in [0.15, 0.2) is 6.10 Å². The quantitative estimate of drug-likeness (QED) is 0.0290. The lowest BCUT2D eigenvalue weighted by Crippen LogP contribution is -2.29. The lowest BCUT2D eigenvalue weighted by Gasteiger charge is -2.19. The molecule has 9 nitrogen and oxygen atoms in total. The van der Waals surface area contributed by atoms with Crippen LogP contribution in [0.25, 0.3) is 0 Å². The number of hydrogen-bond acceptors (Lipinski definition) is 8. The molecule has 2 atom stereocenters. The molecule has 0 aliphatic rings. The summed E-state index contributed by atoms with van der Waals surface area (Å²) in [5, 5.41) is 0. The molecule has 0 saturated heterocycles. The molecular weight excluding hydrogens is 641 g/mol. The van der Waals surface area contributed by atoms with Crippen LogP contribution in [0.4, 0.5) is 0 Å². The third-order valence-electron chi connectivity index (χ3n) is 7.41. The Balaban J connectivity index is 4.29. The van der Waals surface area contributed by atoms with Crippen molar-refractivity contribution in [1.82, 2.24) is 0 Å². The third kappa shape index (κ3) is 35.3. The van der Waals surface area contributed by atoms with Crippen LogP contribution in [-0.2, 0) is 32.7 Å². The largest absolute Gasteiger partial charge is 0.472 e. The van der Waals surface area contributed by atoms with Gasteiger partial charge in [-0.2, -0.15) is 0 Å². The number of carbonyl (C=O) groups is 2. The number of nitrogens with two attached hydrogens (primary N) is 1. The summed E-state index contributed by atoms with van der Waals surface area (Å²) in [6, 6.07) is 0. The standard InChI is InChI=1S/C39H68NO8P/c1-3-5-7-9-11-13-15-17-18-20-21-23-25-27-29-31-38(41)45-35-37(36-47-49(43,44)46-34-33-40)48-39(42)32-30-28-26-24-22-19-16-14-12-10-8-6-4-2/h3,5,8,10-11,13-14,16,18,20,37H,4,6-7,9,12,15,17,19,21-36,40H2,1-2H3,(H,43,44). The van der Waals surface area contributed by atoms with Crippen LogP contribution >= 0.6 is 7.82 Å². The van der Waals surface area contributed by atoms with Gasteiger partial charge in [0.05, 0.1) is 13.2 Å². The summed E-state index contributed by atoms with van der Waals surface area (Å²) in [5.74, 6) is -0.876. The maximum Gasteiger partial charge on any atom is 0.472 e. The Morgan fingerprint density at radius 2 is 1.16 bits per heavy atom. The van der Waals surface area contributed by atoms with Crippen molar-refractivity contribution in [1.29, 1.82) is 0 Å². The van der Waals surface area contributed by atoms with Crippen LogP contribution in [0.15, 0.2) is 60.8 Å². The van der Waals surface area contributed by atoms with Crippen molar-refractivity contribution >= 4 is 19.8 Å². The summed E-state index contributed by atoms with van der Waals surface area (Å²) in [6.45, 7) is 3.39. The zero-order valence-corrected chi connectivity index (χ0v) is 31.5. The number of phosphoric acid groups is 1. The highest BCUT2D eigenvalue weighted by Crippen LogP contribution is 2.43. The number of esters is 2. The molecule has 0 amide bonds. The summed E-state index contributed by atoms with van der Waals surface area (Å²) in [4.78, 5) is 34.7. The highest BCUT2D eigenvalue weighted by atomic mass is 31.2. The van der Waals surface area contributed by atoms with Crippen LogP contribution in [0.3, 0.4) is 0 Å². The van der Waals surface area contributed by atoms with Gasteiger partial charge in [-0.1, -0.05) is 106 Å². The van der Waals surface area contributed by atoms with Crippen molar-refractivity contribution in [3.63, 3.8) is 0 Å². The summed E-state index contributed by atoms with van der Waals surface area (Å²) >= 11 is 0. The third-order valence-corrected chi connectivity index (χ3v) is 8.39. The van der Waals surface area contributed by atoms with E-state index in [1.54, 1.807) is 0 Å². The number of rotatable bonds is 34. The van der Waals surface area contributed by atoms with Gasteiger partial charge < -0.3 is 20.1 Å².